The van der Waals surface area contributed by atoms with Crippen LogP contribution in [0, 0.1) is 25.7 Å². The first-order valence-corrected chi connectivity index (χ1v) is 50.2. The van der Waals surface area contributed by atoms with Crippen LogP contribution in [0.3, 0.4) is 0 Å². The third-order valence-corrected chi connectivity index (χ3v) is 23.9. The lowest BCUT2D eigenvalue weighted by Gasteiger charge is -2.37. The molecule has 1 saturated heterocycles. The van der Waals surface area contributed by atoms with Gasteiger partial charge in [-0.25, -0.2) is 9.30 Å². The van der Waals surface area contributed by atoms with E-state index in [4.69, 9.17) is 102 Å². The number of nitrogens with zero attached hydrogens (tertiary/aromatic N) is 8. The number of nitrogen functional groups attached to an aromatic ring is 1. The molecule has 9 N–H and O–H groups in total. The van der Waals surface area contributed by atoms with Gasteiger partial charge in [-0.1, -0.05) is 28.1 Å². The van der Waals surface area contributed by atoms with E-state index in [1.54, 1.807) is 30.3 Å². The number of Topliss-reactive ketones (excluding diaryl/α,β-unsaturated/α-hetero) is 1. The molecule has 1 fully saturated rings. The molecule has 0 spiro atoms. The minimum atomic E-state index is -6.30. The Morgan fingerprint density at radius 1 is 0.669 bits per heavy atom. The number of hydrogen-bond acceptors (Lipinski definition) is 40. The van der Waals surface area contributed by atoms with Crippen molar-refractivity contribution in [3.63, 3.8) is 0 Å². The highest BCUT2D eigenvalue weighted by Crippen LogP contribution is 2.61. The van der Waals surface area contributed by atoms with Gasteiger partial charge in [-0.15, -0.1) is 0 Å². The number of ketones is 1. The van der Waals surface area contributed by atoms with Gasteiger partial charge in [0.25, 0.3) is 27.1 Å². The number of nitrogens with two attached hydrogens (primary N) is 1. The van der Waals surface area contributed by atoms with E-state index in [1.165, 1.54) is 16.8 Å². The van der Waals surface area contributed by atoms with Crippen LogP contribution in [0.5, 0.6) is 11.5 Å². The maximum absolute atomic E-state index is 13.2. The number of nitrogens with one attached hydrogen (secondary N) is 6. The highest BCUT2D eigenvalue weighted by Gasteiger charge is 2.40. The summed E-state index contributed by atoms with van der Waals surface area (Å²) in [5.41, 5.74) is 30.1. The number of carbonyl (C=O) groups excluding carboxylic acids is 5. The van der Waals surface area contributed by atoms with E-state index < -0.39 is 72.9 Å². The molecule has 6 atom stereocenters. The first kappa shape index (κ1) is 119. The van der Waals surface area contributed by atoms with E-state index in [-0.39, 0.29) is 135 Å². The van der Waals surface area contributed by atoms with E-state index in [0.717, 1.165) is 82.9 Å². The van der Waals surface area contributed by atoms with Crippen LogP contribution in [0.2, 0.25) is 0 Å². The molecule has 53 heteroatoms. The van der Waals surface area contributed by atoms with Gasteiger partial charge in [-0.05, 0) is 124 Å². The van der Waals surface area contributed by atoms with Gasteiger partial charge in [0, 0.05) is 132 Å². The lowest BCUT2D eigenvalue weighted by Crippen LogP contribution is -2.76. The lowest BCUT2D eigenvalue weighted by molar-refractivity contribution is -0.496. The highest BCUT2D eigenvalue weighted by molar-refractivity contribution is 7.64. The zero-order valence-electron chi connectivity index (χ0n) is 79.5. The zero-order valence-corrected chi connectivity index (χ0v) is 82.2. The zero-order chi connectivity index (χ0) is 101. The summed E-state index contributed by atoms with van der Waals surface area (Å²) in [5, 5.41) is 20.4. The molecule has 4 heterocycles. The molecule has 5 aromatic rings. The van der Waals surface area contributed by atoms with E-state index >= 15 is 0 Å². The molecule has 0 saturated carbocycles. The fourth-order valence-corrected chi connectivity index (χ4v) is 16.6. The molecule has 50 nitrogen and oxygen atoms in total. The fourth-order valence-electron chi connectivity index (χ4n) is 13.7. The van der Waals surface area contributed by atoms with Gasteiger partial charge in [0.1, 0.15) is 61.7 Å². The van der Waals surface area contributed by atoms with E-state index in [2.05, 4.69) is 121 Å². The molecule has 3 amide bonds. The summed E-state index contributed by atoms with van der Waals surface area (Å²) in [7, 11) is -18.5. The van der Waals surface area contributed by atoms with Crippen LogP contribution in [0.25, 0.3) is 65.3 Å². The van der Waals surface area contributed by atoms with Crippen LogP contribution in [0.15, 0.2) is 92.4 Å². The summed E-state index contributed by atoms with van der Waals surface area (Å²) < 4.78 is 150. The number of aromatic amines is 1. The molecule has 0 bridgehead atoms. The Morgan fingerprint density at radius 2 is 1.28 bits per heavy atom. The number of anilines is 2. The van der Waals surface area contributed by atoms with Crippen molar-refractivity contribution in [3.8, 4) is 45.8 Å². The Bertz CT molecular complexity index is 5500. The van der Waals surface area contributed by atoms with E-state index in [9.17, 15) is 62.0 Å². The molecule has 1 aliphatic carbocycles. The molecule has 3 aromatic carbocycles. The van der Waals surface area contributed by atoms with Crippen LogP contribution >= 0.6 is 23.5 Å². The van der Waals surface area contributed by atoms with Crippen LogP contribution < -0.4 is 72.0 Å². The van der Waals surface area contributed by atoms with Crippen LogP contribution in [-0.2, 0) is 112 Å². The Labute approximate surface area is 818 Å². The van der Waals surface area contributed by atoms with Gasteiger partial charge < -0.3 is 151 Å². The molecule has 2 aliphatic heterocycles. The number of carbonyl (C=O) groups is 5. The first-order chi connectivity index (χ1) is 68.2. The maximum atomic E-state index is 13.2. The number of azide groups is 2. The topological polar surface area (TPSA) is 693 Å². The number of rotatable bonds is 76. The minimum absolute atomic E-state index is 0. The Balaban J connectivity index is 0.0000274. The van der Waals surface area contributed by atoms with Crippen molar-refractivity contribution < 1.29 is 166 Å². The van der Waals surface area contributed by atoms with Crippen molar-refractivity contribution in [2.24, 2.45) is 10.2 Å². The summed E-state index contributed by atoms with van der Waals surface area (Å²) >= 11 is 0. The number of phosphoric acid groups is 3. The molecule has 2 aromatic heterocycles. The third-order valence-electron chi connectivity index (χ3n) is 20.2. The minimum Gasteiger partial charge on any atom is -0.870 e. The summed E-state index contributed by atoms with van der Waals surface area (Å²) in [4.78, 5) is 137. The van der Waals surface area contributed by atoms with Crippen molar-refractivity contribution in [3.05, 3.63) is 137 Å². The number of benzene rings is 4. The van der Waals surface area contributed by atoms with Gasteiger partial charge in [-0.3, -0.25) is 47.2 Å². The van der Waals surface area contributed by atoms with Crippen LogP contribution in [0.4, 0.5) is 11.6 Å². The summed E-state index contributed by atoms with van der Waals surface area (Å²) in [5.74, 6) is 5.61. The van der Waals surface area contributed by atoms with Crippen molar-refractivity contribution in [1.82, 2.24) is 30.5 Å². The van der Waals surface area contributed by atoms with Gasteiger partial charge >= 0.3 is 0 Å². The van der Waals surface area contributed by atoms with Gasteiger partial charge in [0.05, 0.1) is 190 Å². The molecule has 8 rings (SSSR count). The smallest absolute Gasteiger partial charge is 0.278 e. The predicted octanol–water partition coefficient (Wildman–Crippen LogP) is 4.28. The summed E-state index contributed by atoms with van der Waals surface area (Å²) in [6.07, 6.45) is 0.584. The third kappa shape index (κ3) is 44.9. The molecule has 0 radical (unpaired) electrons. The number of ether oxygens (including phenoxy) is 17. The van der Waals surface area contributed by atoms with Crippen molar-refractivity contribution in [2.45, 2.75) is 110 Å². The molecular weight excluding hydrogens is 1930 g/mol. The number of fused-ring (bicyclic) bond motifs is 3. The standard InChI is InChI=1S/C89H126N15O34P3.H2O/c1-5-93-74-54-76-72(50-63(74)3)85(73-51-64(4)75(94-6-2)55-77(73)135-76)71-53-70(20-19-67(71)58-105)130-27-13-18-80(107)96-24-29-118-25-10-7-11-26-119-30-32-121-34-36-123-38-40-125-42-44-127-46-47-128-45-43-126-41-39-124-37-35-122-33-31-120-28-21-81(108)95-22-23-97-87(109)65-15-12-17-69(52-65)132-61-82(101-103-92)131-49-48-129-59-68(106)16-9-8-14-66-57-104(86-84(66)88(110)100-89(90)99-86)83-56-78(133-62-98-102-91)79(136-83)60-134-140(114,115)138-141(116,117)137-139(111,112)113;/h12,15,17,19-20,50-55,57-58,78-79,82-83,93H,5-7,9-11,13,16,18,21-49,56,59-62H2,1-4H3,(H,95,108)(H,96,107)(H,97,109)(H,114,115)(H,116,117)(H2,111,112,113)(H3,90,99,100,110);1H2/p-4. The van der Waals surface area contributed by atoms with Gasteiger partial charge in [0.15, 0.2) is 23.9 Å². The van der Waals surface area contributed by atoms with E-state index in [1.807, 2.05) is 18.2 Å². The molecule has 784 valence electrons. The fraction of sp³-hybridized carbons (Fsp3) is 0.573. The molecular formula is C89H124N15O35P3-4. The summed E-state index contributed by atoms with van der Waals surface area (Å²) in [6, 6.07) is 19.9. The molecule has 3 aliphatic rings. The average molecular weight is 2060 g/mol. The van der Waals surface area contributed by atoms with Crippen LogP contribution in [0.1, 0.15) is 115 Å². The number of H-pyrrole nitrogens is 1. The second-order valence-electron chi connectivity index (χ2n) is 30.8. The molecule has 142 heavy (non-hydrogen) atoms. The predicted molar refractivity (Wildman–Crippen MR) is 500 cm³/mol. The monoisotopic (exact) mass is 2060 g/mol. The van der Waals surface area contributed by atoms with Crippen molar-refractivity contribution in [1.29, 1.82) is 0 Å². The molecule has 6 unspecified atom stereocenters. The van der Waals surface area contributed by atoms with Gasteiger partial charge in [-0.2, -0.15) is 4.98 Å². The lowest BCUT2D eigenvalue weighted by atomic mass is 9.89. The number of aldehydes is 1. The second kappa shape index (κ2) is 66.6. The average Bonchev–Trinajstić information content (AvgIpc) is 0.910. The highest BCUT2D eigenvalue weighted by atomic mass is 31.3. The largest absolute Gasteiger partial charge is 0.870 e. The normalized spacial score (nSPS) is 14.8. The maximum Gasteiger partial charge on any atom is 0.278 e. The Kier molecular flexibility index (Phi) is 55.6. The van der Waals surface area contributed by atoms with E-state index in [0.29, 0.717) is 181 Å². The number of phosphoric ester groups is 1. The summed E-state index contributed by atoms with van der Waals surface area (Å²) in [6.45, 7) is 17.3. The number of hydrogen-bond donors (Lipinski definition) is 7. The Hall–Kier alpha value is -10.3. The first-order valence-electron chi connectivity index (χ1n) is 45.8. The number of unbranched alkanes of at least 4 members (excludes halogenated alkanes) is 2. The number of amides is 3. The Morgan fingerprint density at radius 3 is 1.91 bits per heavy atom. The number of aromatic nitrogens is 3. The SMILES string of the molecule is CCNc1cc2oc3cc(=[NH+]CC)c(C)cc-3c(-c3cc(OCCCC(=O)NCCOCCCCCOCCOCCOCCOCCOCCOCCOCCOCCOCCOCCC(=O)NCCNC(=O)c4cccc(OCC(N=[N+]=[N-])OCCOCC(=O)CCC#Cc5cn(C6CC(OCN=[N+]=[N-])C(COP(=O)([O-])OP(=O)([O-])OP(=O)([O-])[O-])O6)c6nc(N)[nH]c(=O)c56)c4)ccc3C=O)c2cc1C.[OH-]. The van der Waals surface area contributed by atoms with Crippen LogP contribution in [-0.4, -0.2) is 293 Å². The quantitative estimate of drug-likeness (QED) is 0.00409. The second-order valence-corrected chi connectivity index (χ2v) is 35.0. The number of aryl methyl sites for hydroxylation is 2. The van der Waals surface area contributed by atoms with Crippen molar-refractivity contribution in [2.75, 3.05) is 235 Å². The van der Waals surface area contributed by atoms with Crippen molar-refractivity contribution >= 4 is 86.9 Å². The van der Waals surface area contributed by atoms with Gasteiger partial charge in [0.2, 0.25) is 23.1 Å².